The molecule has 0 saturated heterocycles. The van der Waals surface area contributed by atoms with Crippen molar-refractivity contribution in [3.05, 3.63) is 102 Å². The molecule has 4 aromatic carbocycles. The van der Waals surface area contributed by atoms with Crippen molar-refractivity contribution in [2.45, 2.75) is 6.61 Å². The molecule has 0 bridgehead atoms. The molecule has 4 rings (SSSR count). The summed E-state index contributed by atoms with van der Waals surface area (Å²) in [5.41, 5.74) is 1.24. The lowest BCUT2D eigenvalue weighted by Crippen LogP contribution is -2.07. The highest BCUT2D eigenvalue weighted by Crippen LogP contribution is 2.27. The Morgan fingerprint density at radius 1 is 0.759 bits per heavy atom. The Morgan fingerprint density at radius 3 is 2.21 bits per heavy atom. The van der Waals surface area contributed by atoms with Crippen LogP contribution in [0.1, 0.15) is 15.9 Å². The van der Waals surface area contributed by atoms with Gasteiger partial charge >= 0.3 is 5.97 Å². The summed E-state index contributed by atoms with van der Waals surface area (Å²) in [5, 5.41) is 1.96. The van der Waals surface area contributed by atoms with Crippen LogP contribution in [0.15, 0.2) is 91.0 Å². The molecule has 0 aliphatic carbocycles. The number of benzene rings is 4. The summed E-state index contributed by atoms with van der Waals surface area (Å²) in [4.78, 5) is 12.7. The zero-order chi connectivity index (χ0) is 20.1. The molecule has 4 nitrogen and oxygen atoms in total. The van der Waals surface area contributed by atoms with Gasteiger partial charge < -0.3 is 14.2 Å². The topological polar surface area (TPSA) is 44.8 Å². The predicted octanol–water partition coefficient (Wildman–Crippen LogP) is 6.00. The van der Waals surface area contributed by atoms with Crippen molar-refractivity contribution in [3.8, 4) is 17.2 Å². The summed E-state index contributed by atoms with van der Waals surface area (Å²) in [6.07, 6.45) is 0. The smallest absolute Gasteiger partial charge is 0.342 e. The van der Waals surface area contributed by atoms with Crippen LogP contribution in [0, 0.1) is 0 Å². The van der Waals surface area contributed by atoms with Crippen LogP contribution in [0.2, 0.25) is 0 Å². The van der Waals surface area contributed by atoms with E-state index in [1.807, 2.05) is 84.9 Å². The molecular weight excluding hydrogens is 364 g/mol. The van der Waals surface area contributed by atoms with Crippen molar-refractivity contribution >= 4 is 16.7 Å². The molecule has 0 N–H and O–H groups in total. The number of ether oxygens (including phenoxy) is 3. The van der Waals surface area contributed by atoms with E-state index in [1.54, 1.807) is 13.2 Å². The van der Waals surface area contributed by atoms with E-state index in [2.05, 4.69) is 0 Å². The SMILES string of the molecule is COc1cc2ccccc2cc1C(=O)OCc1cccc(Oc2ccccc2)c1. The van der Waals surface area contributed by atoms with Gasteiger partial charge in [0.15, 0.2) is 0 Å². The molecule has 0 spiro atoms. The van der Waals surface area contributed by atoms with Crippen LogP contribution in [0.5, 0.6) is 17.2 Å². The molecule has 4 heteroatoms. The van der Waals surface area contributed by atoms with E-state index in [-0.39, 0.29) is 6.61 Å². The molecule has 0 radical (unpaired) electrons. The molecule has 0 saturated carbocycles. The monoisotopic (exact) mass is 384 g/mol. The van der Waals surface area contributed by atoms with E-state index in [9.17, 15) is 4.79 Å². The van der Waals surface area contributed by atoms with Crippen LogP contribution in [-0.4, -0.2) is 13.1 Å². The largest absolute Gasteiger partial charge is 0.496 e. The number of para-hydroxylation sites is 1. The quantitative estimate of drug-likeness (QED) is 0.383. The summed E-state index contributed by atoms with van der Waals surface area (Å²) in [5.74, 6) is 1.51. The van der Waals surface area contributed by atoms with Gasteiger partial charge in [0.05, 0.1) is 7.11 Å². The lowest BCUT2D eigenvalue weighted by molar-refractivity contribution is 0.0469. The summed E-state index contributed by atoms with van der Waals surface area (Å²) in [6.45, 7) is 0.140. The maximum absolute atomic E-state index is 12.7. The highest BCUT2D eigenvalue weighted by Gasteiger charge is 2.15. The van der Waals surface area contributed by atoms with E-state index in [0.29, 0.717) is 17.1 Å². The second-order valence-electron chi connectivity index (χ2n) is 6.54. The first-order valence-electron chi connectivity index (χ1n) is 9.29. The average Bonchev–Trinajstić information content (AvgIpc) is 2.77. The van der Waals surface area contributed by atoms with Crippen LogP contribution in [0.25, 0.3) is 10.8 Å². The van der Waals surface area contributed by atoms with Crippen LogP contribution < -0.4 is 9.47 Å². The van der Waals surface area contributed by atoms with Gasteiger partial charge in [-0.1, -0.05) is 54.6 Å². The fourth-order valence-electron chi connectivity index (χ4n) is 3.10. The first-order valence-corrected chi connectivity index (χ1v) is 9.29. The zero-order valence-electron chi connectivity index (χ0n) is 16.0. The number of hydrogen-bond acceptors (Lipinski definition) is 4. The molecule has 0 amide bonds. The van der Waals surface area contributed by atoms with Gasteiger partial charge in [-0.15, -0.1) is 0 Å². The minimum absolute atomic E-state index is 0.140. The lowest BCUT2D eigenvalue weighted by Gasteiger charge is -2.11. The fraction of sp³-hybridized carbons (Fsp3) is 0.0800. The van der Waals surface area contributed by atoms with Crippen LogP contribution >= 0.6 is 0 Å². The Labute approximate surface area is 169 Å². The molecule has 0 aliphatic heterocycles. The molecule has 0 unspecified atom stereocenters. The molecule has 0 aromatic heterocycles. The molecule has 0 aliphatic rings. The maximum Gasteiger partial charge on any atom is 0.342 e. The van der Waals surface area contributed by atoms with Crippen molar-refractivity contribution in [1.29, 1.82) is 0 Å². The second kappa shape index (κ2) is 8.48. The van der Waals surface area contributed by atoms with Crippen LogP contribution in [0.3, 0.4) is 0 Å². The summed E-state index contributed by atoms with van der Waals surface area (Å²) in [7, 11) is 1.55. The van der Waals surface area contributed by atoms with Crippen LogP contribution in [-0.2, 0) is 11.3 Å². The Bertz CT molecular complexity index is 1140. The van der Waals surface area contributed by atoms with Gasteiger partial charge in [0, 0.05) is 0 Å². The van der Waals surface area contributed by atoms with Crippen molar-refractivity contribution < 1.29 is 19.0 Å². The van der Waals surface area contributed by atoms with Crippen molar-refractivity contribution in [2.24, 2.45) is 0 Å². The van der Waals surface area contributed by atoms with E-state index in [1.165, 1.54) is 0 Å². The minimum Gasteiger partial charge on any atom is -0.496 e. The van der Waals surface area contributed by atoms with E-state index >= 15 is 0 Å². The predicted molar refractivity (Wildman–Crippen MR) is 113 cm³/mol. The lowest BCUT2D eigenvalue weighted by atomic mass is 10.1. The summed E-state index contributed by atoms with van der Waals surface area (Å²) in [6, 6.07) is 28.5. The Kier molecular flexibility index (Phi) is 5.43. The van der Waals surface area contributed by atoms with E-state index < -0.39 is 5.97 Å². The van der Waals surface area contributed by atoms with Gasteiger partial charge in [-0.2, -0.15) is 0 Å². The average molecular weight is 384 g/mol. The van der Waals surface area contributed by atoms with Gasteiger partial charge in [-0.25, -0.2) is 4.79 Å². The standard InChI is InChI=1S/C25H20O4/c1-27-24-16-20-10-6-5-9-19(20)15-23(24)25(26)28-17-18-8-7-13-22(14-18)29-21-11-3-2-4-12-21/h2-16H,17H2,1H3. The number of methoxy groups -OCH3 is 1. The van der Waals surface area contributed by atoms with Gasteiger partial charge in [0.1, 0.15) is 29.4 Å². The maximum atomic E-state index is 12.7. The number of rotatable bonds is 6. The molecule has 0 fully saturated rings. The van der Waals surface area contributed by atoms with Gasteiger partial charge in [0.2, 0.25) is 0 Å². The highest BCUT2D eigenvalue weighted by molar-refractivity contribution is 5.98. The molecule has 0 heterocycles. The van der Waals surface area contributed by atoms with E-state index in [0.717, 1.165) is 22.1 Å². The molecule has 144 valence electrons. The van der Waals surface area contributed by atoms with Crippen molar-refractivity contribution in [1.82, 2.24) is 0 Å². The third-order valence-electron chi connectivity index (χ3n) is 4.54. The Hall–Kier alpha value is -3.79. The van der Waals surface area contributed by atoms with Gasteiger partial charge in [-0.3, -0.25) is 0 Å². The fourth-order valence-corrected chi connectivity index (χ4v) is 3.10. The van der Waals surface area contributed by atoms with Crippen LogP contribution in [0.4, 0.5) is 0 Å². The van der Waals surface area contributed by atoms with Crippen molar-refractivity contribution in [2.75, 3.05) is 7.11 Å². The third-order valence-corrected chi connectivity index (χ3v) is 4.54. The number of carbonyl (C=O) groups is 1. The number of esters is 1. The Balaban J connectivity index is 1.48. The Morgan fingerprint density at radius 2 is 1.45 bits per heavy atom. The molecule has 4 aromatic rings. The number of carbonyl (C=O) groups excluding carboxylic acids is 1. The number of hydrogen-bond donors (Lipinski definition) is 0. The summed E-state index contributed by atoms with van der Waals surface area (Å²) < 4.78 is 16.8. The highest BCUT2D eigenvalue weighted by atomic mass is 16.5. The second-order valence-corrected chi connectivity index (χ2v) is 6.54. The first kappa shape index (κ1) is 18.6. The van der Waals surface area contributed by atoms with Gasteiger partial charge in [-0.05, 0) is 52.7 Å². The van der Waals surface area contributed by atoms with Gasteiger partial charge in [0.25, 0.3) is 0 Å². The molecular formula is C25H20O4. The normalized spacial score (nSPS) is 10.5. The van der Waals surface area contributed by atoms with E-state index in [4.69, 9.17) is 14.2 Å². The van der Waals surface area contributed by atoms with Crippen molar-refractivity contribution in [3.63, 3.8) is 0 Å². The third kappa shape index (κ3) is 4.38. The summed E-state index contributed by atoms with van der Waals surface area (Å²) >= 11 is 0. The minimum atomic E-state index is -0.429. The number of fused-ring (bicyclic) bond motifs is 1. The zero-order valence-corrected chi connectivity index (χ0v) is 16.0. The molecule has 29 heavy (non-hydrogen) atoms. The first-order chi connectivity index (χ1) is 14.2. The molecule has 0 atom stereocenters.